The van der Waals surface area contributed by atoms with Gasteiger partial charge in [0.2, 0.25) is 11.8 Å². The third kappa shape index (κ3) is 11.0. The fourth-order valence-electron chi connectivity index (χ4n) is 6.07. The molecule has 5 aromatic rings. The van der Waals surface area contributed by atoms with Gasteiger partial charge in [0.25, 0.3) is 0 Å². The van der Waals surface area contributed by atoms with Crippen molar-refractivity contribution in [2.75, 3.05) is 27.4 Å². The van der Waals surface area contributed by atoms with E-state index in [-0.39, 0.29) is 31.7 Å². The van der Waals surface area contributed by atoms with E-state index in [0.29, 0.717) is 11.5 Å². The molecule has 0 aromatic heterocycles. The van der Waals surface area contributed by atoms with Crippen molar-refractivity contribution < 1.29 is 43.2 Å². The number of rotatable bonds is 17. The van der Waals surface area contributed by atoms with Crippen LogP contribution >= 0.6 is 0 Å². The average molecular weight is 758 g/mol. The summed E-state index contributed by atoms with van der Waals surface area (Å²) in [7, 11) is 3.16. The van der Waals surface area contributed by atoms with Crippen LogP contribution in [-0.2, 0) is 19.9 Å². The highest BCUT2D eigenvalue weighted by Crippen LogP contribution is 2.37. The molecular weight excluding hydrogens is 714 g/mol. The minimum absolute atomic E-state index is 0.129. The van der Waals surface area contributed by atoms with Crippen LogP contribution in [0.25, 0.3) is 12.2 Å². The Labute approximate surface area is 325 Å². The molecule has 0 radical (unpaired) electrons. The van der Waals surface area contributed by atoms with Crippen LogP contribution in [0.4, 0.5) is 9.59 Å². The van der Waals surface area contributed by atoms with Crippen LogP contribution in [0, 0.1) is 0 Å². The second kappa shape index (κ2) is 19.8. The van der Waals surface area contributed by atoms with Gasteiger partial charge in [0, 0.05) is 12.5 Å². The van der Waals surface area contributed by atoms with E-state index in [1.54, 1.807) is 44.6 Å². The predicted octanol–water partition coefficient (Wildman–Crippen LogP) is 7.03. The molecule has 0 saturated heterocycles. The van der Waals surface area contributed by atoms with Crippen molar-refractivity contribution in [2.45, 2.75) is 24.4 Å². The molecule has 0 spiro atoms. The number of carboxylic acid groups (broad SMARTS) is 1. The molecule has 56 heavy (non-hydrogen) atoms. The molecule has 0 bridgehead atoms. The molecule has 5 aromatic carbocycles. The molecule has 12 nitrogen and oxygen atoms in total. The Bertz CT molecular complexity index is 1970. The van der Waals surface area contributed by atoms with Crippen LogP contribution in [0.5, 0.6) is 17.2 Å². The number of carbonyl (C=O) groups is 4. The van der Waals surface area contributed by atoms with Crippen LogP contribution in [-0.4, -0.2) is 62.6 Å². The Kier molecular flexibility index (Phi) is 14.2. The molecule has 0 aliphatic carbocycles. The topological polar surface area (TPSA) is 162 Å². The van der Waals surface area contributed by atoms with Gasteiger partial charge in [-0.3, -0.25) is 9.59 Å². The highest BCUT2D eigenvalue weighted by atomic mass is 16.7. The molecule has 3 amide bonds. The SMILES string of the molecule is COc1cc(C=Cc2ccc(OC(=O)OCCNC(=O)C(CCC(=O)NC(c3ccccc3)(c3ccccc3)c3ccccc3)NC(=O)O)cc2)cc(OC)c1. The van der Waals surface area contributed by atoms with Crippen LogP contribution in [0.2, 0.25) is 0 Å². The number of amides is 3. The largest absolute Gasteiger partial charge is 0.513 e. The first-order valence-corrected chi connectivity index (χ1v) is 17.8. The fourth-order valence-corrected chi connectivity index (χ4v) is 6.07. The summed E-state index contributed by atoms with van der Waals surface area (Å²) in [5.41, 5.74) is 3.10. The molecular formula is C44H43N3O9. The standard InChI is InChI=1S/C44H43N3O9/c1-53-37-28-32(29-38(30-37)54-2)19-18-31-20-22-36(23-21-31)56-43(52)55-27-26-45-41(49)39(46-42(50)51)24-25-40(48)47-44(33-12-6-3-7-13-33,34-14-8-4-9-15-34)35-16-10-5-11-17-35/h3-23,28-30,39,46H,24-27H2,1-2H3,(H,45,49)(H,47,48)(H,50,51). The smallest absolute Gasteiger partial charge is 0.497 e. The van der Waals surface area contributed by atoms with E-state index >= 15 is 0 Å². The normalized spacial score (nSPS) is 11.5. The number of hydrogen-bond donors (Lipinski definition) is 4. The van der Waals surface area contributed by atoms with Gasteiger partial charge in [-0.05, 0) is 58.5 Å². The van der Waals surface area contributed by atoms with Gasteiger partial charge in [0.1, 0.15) is 35.4 Å². The van der Waals surface area contributed by atoms with E-state index in [2.05, 4.69) is 16.0 Å². The first-order chi connectivity index (χ1) is 27.2. The zero-order valence-electron chi connectivity index (χ0n) is 31.0. The number of methoxy groups -OCH3 is 2. The monoisotopic (exact) mass is 757 g/mol. The number of benzene rings is 5. The van der Waals surface area contributed by atoms with Crippen molar-refractivity contribution in [3.8, 4) is 17.2 Å². The number of carbonyl (C=O) groups excluding carboxylic acids is 3. The van der Waals surface area contributed by atoms with E-state index in [0.717, 1.165) is 27.8 Å². The lowest BCUT2D eigenvalue weighted by Crippen LogP contribution is -2.50. The van der Waals surface area contributed by atoms with Crippen LogP contribution in [0.15, 0.2) is 133 Å². The quantitative estimate of drug-likeness (QED) is 0.0257. The maximum Gasteiger partial charge on any atom is 0.513 e. The fraction of sp³-hybridized carbons (Fsp3) is 0.182. The van der Waals surface area contributed by atoms with Crippen molar-refractivity contribution in [3.05, 3.63) is 161 Å². The lowest BCUT2D eigenvalue weighted by molar-refractivity contribution is -0.124. The Hall–Kier alpha value is -7.08. The van der Waals surface area contributed by atoms with Crippen LogP contribution < -0.4 is 30.2 Å². The molecule has 288 valence electrons. The Morgan fingerprint density at radius 2 is 1.20 bits per heavy atom. The Morgan fingerprint density at radius 3 is 1.70 bits per heavy atom. The van der Waals surface area contributed by atoms with E-state index in [1.165, 1.54) is 0 Å². The lowest BCUT2D eigenvalue weighted by Gasteiger charge is -2.37. The zero-order valence-corrected chi connectivity index (χ0v) is 31.0. The average Bonchev–Trinajstić information content (AvgIpc) is 3.23. The first-order valence-electron chi connectivity index (χ1n) is 17.8. The highest BCUT2D eigenvalue weighted by Gasteiger charge is 2.38. The van der Waals surface area contributed by atoms with E-state index in [4.69, 9.17) is 18.9 Å². The molecule has 0 fully saturated rings. The van der Waals surface area contributed by atoms with Crippen LogP contribution in [0.3, 0.4) is 0 Å². The van der Waals surface area contributed by atoms with Crippen LogP contribution in [0.1, 0.15) is 40.7 Å². The molecule has 4 N–H and O–H groups in total. The summed E-state index contributed by atoms with van der Waals surface area (Å²) in [6, 6.07) is 39.6. The number of nitrogens with one attached hydrogen (secondary N) is 3. The zero-order chi connectivity index (χ0) is 39.8. The summed E-state index contributed by atoms with van der Waals surface area (Å²) in [6.45, 7) is -0.376. The molecule has 12 heteroatoms. The maximum absolute atomic E-state index is 13.7. The van der Waals surface area contributed by atoms with E-state index < -0.39 is 35.6 Å². The third-order valence-electron chi connectivity index (χ3n) is 8.77. The third-order valence-corrected chi connectivity index (χ3v) is 8.77. The van der Waals surface area contributed by atoms with Crippen molar-refractivity contribution in [1.82, 2.24) is 16.0 Å². The van der Waals surface area contributed by atoms with E-state index in [9.17, 15) is 24.3 Å². The lowest BCUT2D eigenvalue weighted by atomic mass is 9.77. The minimum atomic E-state index is -1.43. The van der Waals surface area contributed by atoms with Gasteiger partial charge in [-0.2, -0.15) is 0 Å². The maximum atomic E-state index is 13.7. The van der Waals surface area contributed by atoms with Crippen molar-refractivity contribution in [3.63, 3.8) is 0 Å². The molecule has 0 aliphatic rings. The molecule has 5 rings (SSSR count). The second-order valence-corrected chi connectivity index (χ2v) is 12.5. The number of ether oxygens (including phenoxy) is 4. The van der Waals surface area contributed by atoms with Gasteiger partial charge in [-0.25, -0.2) is 9.59 Å². The predicted molar refractivity (Wildman–Crippen MR) is 211 cm³/mol. The molecule has 0 aliphatic heterocycles. The van der Waals surface area contributed by atoms with Gasteiger partial charge in [0.15, 0.2) is 0 Å². The van der Waals surface area contributed by atoms with Crippen molar-refractivity contribution in [2.24, 2.45) is 0 Å². The van der Waals surface area contributed by atoms with Gasteiger partial charge >= 0.3 is 12.2 Å². The van der Waals surface area contributed by atoms with E-state index in [1.807, 2.05) is 115 Å². The van der Waals surface area contributed by atoms with Gasteiger partial charge in [-0.1, -0.05) is 115 Å². The second-order valence-electron chi connectivity index (χ2n) is 12.5. The Morgan fingerprint density at radius 1 is 0.679 bits per heavy atom. The summed E-state index contributed by atoms with van der Waals surface area (Å²) < 4.78 is 21.0. The summed E-state index contributed by atoms with van der Waals surface area (Å²) in [6.07, 6.45) is 1.04. The minimum Gasteiger partial charge on any atom is -0.497 e. The van der Waals surface area contributed by atoms with Gasteiger partial charge in [-0.15, -0.1) is 0 Å². The van der Waals surface area contributed by atoms with Crippen molar-refractivity contribution >= 4 is 36.2 Å². The van der Waals surface area contributed by atoms with Gasteiger partial charge in [0.05, 0.1) is 20.8 Å². The first kappa shape index (κ1) is 40.1. The molecule has 0 saturated carbocycles. The summed E-state index contributed by atoms with van der Waals surface area (Å²) in [5.74, 6) is 0.486. The van der Waals surface area contributed by atoms with Gasteiger partial charge < -0.3 is 40.0 Å². The highest BCUT2D eigenvalue weighted by molar-refractivity contribution is 5.86. The molecule has 0 heterocycles. The van der Waals surface area contributed by atoms with Crippen molar-refractivity contribution in [1.29, 1.82) is 0 Å². The number of hydrogen-bond acceptors (Lipinski definition) is 8. The summed E-state index contributed by atoms with van der Waals surface area (Å²) >= 11 is 0. The Balaban J connectivity index is 1.13. The molecule has 1 atom stereocenters. The summed E-state index contributed by atoms with van der Waals surface area (Å²) in [4.78, 5) is 50.7. The molecule has 1 unspecified atom stereocenters. The summed E-state index contributed by atoms with van der Waals surface area (Å²) in [5, 5.41) is 17.4.